The van der Waals surface area contributed by atoms with Crippen molar-refractivity contribution < 1.29 is 13.2 Å². The number of allylic oxidation sites excluding steroid dienone is 1. The van der Waals surface area contributed by atoms with Gasteiger partial charge in [-0.1, -0.05) is 62.2 Å². The molecule has 1 N–H and O–H groups in total. The predicted molar refractivity (Wildman–Crippen MR) is 71.8 cm³/mol. The van der Waals surface area contributed by atoms with Crippen LogP contribution in [-0.2, 0) is 6.54 Å². The van der Waals surface area contributed by atoms with E-state index < -0.39 is 12.2 Å². The molecule has 0 aliphatic heterocycles. The highest BCUT2D eigenvalue weighted by Crippen LogP contribution is 2.21. The lowest BCUT2D eigenvalue weighted by molar-refractivity contribution is -0.144. The molecule has 0 fully saturated rings. The monoisotopic (exact) mass is 271 g/mol. The number of benzene rings is 1. The number of alkyl halides is 3. The highest BCUT2D eigenvalue weighted by molar-refractivity contribution is 5.15. The summed E-state index contributed by atoms with van der Waals surface area (Å²) in [6, 6.07) is 7.51. The fraction of sp³-hybridized carbons (Fsp3) is 0.467. The Morgan fingerprint density at radius 2 is 1.89 bits per heavy atom. The molecule has 1 aromatic rings. The number of nitrogens with one attached hydrogen (secondary N) is 1. The molecule has 0 saturated heterocycles. The van der Waals surface area contributed by atoms with E-state index in [2.05, 4.69) is 5.32 Å². The van der Waals surface area contributed by atoms with Gasteiger partial charge in [0.15, 0.2) is 0 Å². The summed E-state index contributed by atoms with van der Waals surface area (Å²) in [6.45, 7) is 2.23. The van der Waals surface area contributed by atoms with E-state index in [1.165, 1.54) is 6.08 Å². The third-order valence-electron chi connectivity index (χ3n) is 2.77. The average molecular weight is 271 g/mol. The van der Waals surface area contributed by atoms with Crippen LogP contribution in [0.15, 0.2) is 42.5 Å². The average Bonchev–Trinajstić information content (AvgIpc) is 2.37. The van der Waals surface area contributed by atoms with Crippen molar-refractivity contribution in [2.45, 2.75) is 44.9 Å². The molecule has 0 amide bonds. The summed E-state index contributed by atoms with van der Waals surface area (Å²) in [6.07, 6.45) is 1.17. The van der Waals surface area contributed by atoms with Gasteiger partial charge in [-0.05, 0) is 12.0 Å². The fourth-order valence-electron chi connectivity index (χ4n) is 1.67. The number of halogens is 3. The topological polar surface area (TPSA) is 12.0 Å². The lowest BCUT2D eigenvalue weighted by Gasteiger charge is -2.18. The second-order valence-electron chi connectivity index (χ2n) is 4.46. The van der Waals surface area contributed by atoms with Gasteiger partial charge >= 0.3 is 6.18 Å². The van der Waals surface area contributed by atoms with E-state index in [1.54, 1.807) is 18.2 Å². The zero-order valence-electron chi connectivity index (χ0n) is 11.1. The molecule has 19 heavy (non-hydrogen) atoms. The Hall–Kier alpha value is -1.29. The molecule has 0 saturated carbocycles. The maximum atomic E-state index is 12.8. The van der Waals surface area contributed by atoms with E-state index in [0.29, 0.717) is 6.42 Å². The summed E-state index contributed by atoms with van der Waals surface area (Å²) < 4.78 is 38.5. The molecule has 0 aliphatic rings. The summed E-state index contributed by atoms with van der Waals surface area (Å²) in [4.78, 5) is 0. The van der Waals surface area contributed by atoms with Crippen LogP contribution in [0.1, 0.15) is 31.7 Å². The van der Waals surface area contributed by atoms with Crippen molar-refractivity contribution in [3.05, 3.63) is 48.0 Å². The van der Waals surface area contributed by atoms with E-state index in [0.717, 1.165) is 18.4 Å². The lowest BCUT2D eigenvalue weighted by atomic mass is 10.1. The van der Waals surface area contributed by atoms with Gasteiger partial charge in [0.05, 0.1) is 0 Å². The Kier molecular flexibility index (Phi) is 6.64. The molecule has 4 heteroatoms. The Morgan fingerprint density at radius 3 is 2.47 bits per heavy atom. The summed E-state index contributed by atoms with van der Waals surface area (Å²) in [5, 5.41) is 2.54. The summed E-state index contributed by atoms with van der Waals surface area (Å²) in [7, 11) is 0. The van der Waals surface area contributed by atoms with E-state index >= 15 is 0 Å². The van der Waals surface area contributed by atoms with Crippen LogP contribution in [0.2, 0.25) is 0 Å². The van der Waals surface area contributed by atoms with Crippen LogP contribution in [0.25, 0.3) is 0 Å². The van der Waals surface area contributed by atoms with Gasteiger partial charge in [0.1, 0.15) is 6.04 Å². The number of hydrogen-bond donors (Lipinski definition) is 1. The van der Waals surface area contributed by atoms with E-state index in [9.17, 15) is 13.2 Å². The highest BCUT2D eigenvalue weighted by Gasteiger charge is 2.37. The Morgan fingerprint density at radius 1 is 1.21 bits per heavy atom. The fourth-order valence-corrected chi connectivity index (χ4v) is 1.67. The van der Waals surface area contributed by atoms with Gasteiger partial charge in [0, 0.05) is 6.54 Å². The first kappa shape index (κ1) is 15.8. The first-order valence-corrected chi connectivity index (χ1v) is 6.54. The van der Waals surface area contributed by atoms with Gasteiger partial charge in [0.2, 0.25) is 0 Å². The predicted octanol–water partition coefficient (Wildman–Crippen LogP) is 4.45. The third kappa shape index (κ3) is 6.43. The van der Waals surface area contributed by atoms with Crippen molar-refractivity contribution in [2.75, 3.05) is 0 Å². The molecule has 1 atom stereocenters. The van der Waals surface area contributed by atoms with E-state index in [-0.39, 0.29) is 6.54 Å². The Balaban J connectivity index is 2.53. The molecule has 1 rings (SSSR count). The van der Waals surface area contributed by atoms with Gasteiger partial charge in [0.25, 0.3) is 0 Å². The largest absolute Gasteiger partial charge is 0.407 e. The molecule has 0 aromatic heterocycles. The van der Waals surface area contributed by atoms with Crippen LogP contribution < -0.4 is 5.32 Å². The van der Waals surface area contributed by atoms with Crippen LogP contribution in [0.5, 0.6) is 0 Å². The SMILES string of the molecule is CCCC/C=C/C(NCc1ccccc1)C(F)(F)F. The number of rotatable bonds is 7. The van der Waals surface area contributed by atoms with Crippen molar-refractivity contribution >= 4 is 0 Å². The third-order valence-corrected chi connectivity index (χ3v) is 2.77. The number of unbranched alkanes of at least 4 members (excludes halogenated alkanes) is 2. The molecule has 1 aromatic carbocycles. The van der Waals surface area contributed by atoms with E-state index in [1.807, 2.05) is 25.1 Å². The molecule has 0 heterocycles. The first-order valence-electron chi connectivity index (χ1n) is 6.54. The minimum atomic E-state index is -4.25. The van der Waals surface area contributed by atoms with Crippen LogP contribution >= 0.6 is 0 Å². The van der Waals surface area contributed by atoms with E-state index in [4.69, 9.17) is 0 Å². The first-order chi connectivity index (χ1) is 9.04. The molecule has 1 unspecified atom stereocenters. The Labute approximate surface area is 112 Å². The second kappa shape index (κ2) is 8.00. The molecule has 0 aliphatic carbocycles. The zero-order valence-corrected chi connectivity index (χ0v) is 11.1. The molecule has 0 bridgehead atoms. The van der Waals surface area contributed by atoms with Crippen LogP contribution in [0, 0.1) is 0 Å². The van der Waals surface area contributed by atoms with Crippen LogP contribution in [0.4, 0.5) is 13.2 Å². The lowest BCUT2D eigenvalue weighted by Crippen LogP contribution is -2.40. The van der Waals surface area contributed by atoms with Crippen molar-refractivity contribution in [3.63, 3.8) is 0 Å². The van der Waals surface area contributed by atoms with Crippen molar-refractivity contribution in [1.29, 1.82) is 0 Å². The molecule has 106 valence electrons. The molecule has 0 radical (unpaired) electrons. The quantitative estimate of drug-likeness (QED) is 0.570. The normalized spacial score (nSPS) is 13.9. The molecule has 1 nitrogen and oxygen atoms in total. The Bertz CT molecular complexity index is 371. The zero-order chi connectivity index (χ0) is 14.1. The van der Waals surface area contributed by atoms with Crippen molar-refractivity contribution in [2.24, 2.45) is 0 Å². The minimum Gasteiger partial charge on any atom is -0.299 e. The second-order valence-corrected chi connectivity index (χ2v) is 4.46. The number of hydrogen-bond acceptors (Lipinski definition) is 1. The van der Waals surface area contributed by atoms with Crippen LogP contribution in [0.3, 0.4) is 0 Å². The molecular weight excluding hydrogens is 251 g/mol. The van der Waals surface area contributed by atoms with Crippen molar-refractivity contribution in [3.8, 4) is 0 Å². The standard InChI is InChI=1S/C15H20F3N/c1-2-3-4-8-11-14(15(16,17)18)19-12-13-9-6-5-7-10-13/h5-11,14,19H,2-4,12H2,1H3/b11-8+. The molecular formula is C15H20F3N. The molecule has 0 spiro atoms. The smallest absolute Gasteiger partial charge is 0.299 e. The van der Waals surface area contributed by atoms with Gasteiger partial charge in [-0.25, -0.2) is 0 Å². The van der Waals surface area contributed by atoms with Gasteiger partial charge < -0.3 is 0 Å². The van der Waals surface area contributed by atoms with Gasteiger partial charge in [-0.3, -0.25) is 5.32 Å². The maximum Gasteiger partial charge on any atom is 0.407 e. The summed E-state index contributed by atoms with van der Waals surface area (Å²) >= 11 is 0. The summed E-state index contributed by atoms with van der Waals surface area (Å²) in [5.74, 6) is 0. The van der Waals surface area contributed by atoms with Gasteiger partial charge in [-0.15, -0.1) is 0 Å². The van der Waals surface area contributed by atoms with Crippen molar-refractivity contribution in [1.82, 2.24) is 5.32 Å². The van der Waals surface area contributed by atoms with Gasteiger partial charge in [-0.2, -0.15) is 13.2 Å². The minimum absolute atomic E-state index is 0.211. The van der Waals surface area contributed by atoms with Crippen LogP contribution in [-0.4, -0.2) is 12.2 Å². The summed E-state index contributed by atoms with van der Waals surface area (Å²) in [5.41, 5.74) is 0.846. The maximum absolute atomic E-state index is 12.8. The highest BCUT2D eigenvalue weighted by atomic mass is 19.4.